The number of ether oxygens (including phenoxy) is 1. The summed E-state index contributed by atoms with van der Waals surface area (Å²) in [4.78, 5) is 6.17. The van der Waals surface area contributed by atoms with Crippen LogP contribution >= 0.6 is 0 Å². The third-order valence-corrected chi connectivity index (χ3v) is 2.41. The van der Waals surface area contributed by atoms with Crippen molar-refractivity contribution in [2.45, 2.75) is 6.29 Å². The SMILES string of the molecule is OC(O)c1cccnc1N1CCOCC1. The predicted octanol–water partition coefficient (Wildman–Crippen LogP) is -0.0986. The number of nitrogens with zero attached hydrogens (tertiary/aromatic N) is 2. The van der Waals surface area contributed by atoms with E-state index in [1.807, 2.05) is 4.90 Å². The Morgan fingerprint density at radius 2 is 2.07 bits per heavy atom. The van der Waals surface area contributed by atoms with Crippen LogP contribution in [-0.4, -0.2) is 41.5 Å². The summed E-state index contributed by atoms with van der Waals surface area (Å²) in [6, 6.07) is 3.36. The highest BCUT2D eigenvalue weighted by Crippen LogP contribution is 2.22. The van der Waals surface area contributed by atoms with E-state index in [4.69, 9.17) is 4.74 Å². The number of morpholine rings is 1. The maximum atomic E-state index is 9.19. The van der Waals surface area contributed by atoms with Crippen molar-refractivity contribution in [3.8, 4) is 0 Å². The van der Waals surface area contributed by atoms with Crippen molar-refractivity contribution in [2.24, 2.45) is 0 Å². The smallest absolute Gasteiger partial charge is 0.182 e. The van der Waals surface area contributed by atoms with Gasteiger partial charge >= 0.3 is 0 Å². The van der Waals surface area contributed by atoms with Crippen LogP contribution in [0.5, 0.6) is 0 Å². The van der Waals surface area contributed by atoms with Gasteiger partial charge in [-0.2, -0.15) is 0 Å². The van der Waals surface area contributed by atoms with Gasteiger partial charge in [-0.1, -0.05) is 0 Å². The molecule has 1 aliphatic rings. The number of aromatic nitrogens is 1. The summed E-state index contributed by atoms with van der Waals surface area (Å²) in [5.41, 5.74) is 0.444. The van der Waals surface area contributed by atoms with Crippen LogP contribution in [0.2, 0.25) is 0 Å². The molecule has 0 spiro atoms. The Kier molecular flexibility index (Phi) is 3.15. The monoisotopic (exact) mass is 210 g/mol. The molecule has 5 heteroatoms. The fourth-order valence-electron chi connectivity index (χ4n) is 1.65. The minimum atomic E-state index is -1.48. The van der Waals surface area contributed by atoms with Gasteiger partial charge in [-0.25, -0.2) is 4.98 Å². The lowest BCUT2D eigenvalue weighted by Crippen LogP contribution is -2.37. The summed E-state index contributed by atoms with van der Waals surface area (Å²) in [6.07, 6.45) is 0.174. The summed E-state index contributed by atoms with van der Waals surface area (Å²) >= 11 is 0. The summed E-state index contributed by atoms with van der Waals surface area (Å²) < 4.78 is 5.23. The molecule has 0 aromatic carbocycles. The number of aliphatic hydroxyl groups excluding tert-OH is 1. The van der Waals surface area contributed by atoms with Gasteiger partial charge < -0.3 is 19.8 Å². The van der Waals surface area contributed by atoms with Gasteiger partial charge in [-0.05, 0) is 12.1 Å². The Labute approximate surface area is 87.9 Å². The third-order valence-electron chi connectivity index (χ3n) is 2.41. The van der Waals surface area contributed by atoms with E-state index in [0.29, 0.717) is 24.6 Å². The fraction of sp³-hybridized carbons (Fsp3) is 0.500. The molecule has 0 amide bonds. The summed E-state index contributed by atoms with van der Waals surface area (Å²) in [5, 5.41) is 18.4. The second-order valence-electron chi connectivity index (χ2n) is 3.39. The van der Waals surface area contributed by atoms with Crippen LogP contribution < -0.4 is 4.90 Å². The van der Waals surface area contributed by atoms with Crippen LogP contribution in [0.25, 0.3) is 0 Å². The highest BCUT2D eigenvalue weighted by Gasteiger charge is 2.18. The van der Waals surface area contributed by atoms with Gasteiger partial charge in [0.05, 0.1) is 13.2 Å². The molecule has 2 rings (SSSR count). The predicted molar refractivity (Wildman–Crippen MR) is 54.4 cm³/mol. The highest BCUT2D eigenvalue weighted by atomic mass is 16.5. The first-order valence-corrected chi connectivity index (χ1v) is 4.93. The van der Waals surface area contributed by atoms with Gasteiger partial charge in [-0.15, -0.1) is 0 Å². The van der Waals surface area contributed by atoms with E-state index in [9.17, 15) is 10.2 Å². The lowest BCUT2D eigenvalue weighted by Gasteiger charge is -2.29. The minimum Gasteiger partial charge on any atom is -0.378 e. The van der Waals surface area contributed by atoms with E-state index in [2.05, 4.69) is 4.98 Å². The topological polar surface area (TPSA) is 65.8 Å². The Bertz CT molecular complexity index is 324. The molecule has 1 aromatic rings. The number of hydrogen-bond acceptors (Lipinski definition) is 5. The number of anilines is 1. The second-order valence-corrected chi connectivity index (χ2v) is 3.39. The van der Waals surface area contributed by atoms with Crippen molar-refractivity contribution in [3.05, 3.63) is 23.9 Å². The van der Waals surface area contributed by atoms with Crippen LogP contribution in [0.15, 0.2) is 18.3 Å². The summed E-state index contributed by atoms with van der Waals surface area (Å²) in [7, 11) is 0. The summed E-state index contributed by atoms with van der Waals surface area (Å²) in [6.45, 7) is 2.77. The van der Waals surface area contributed by atoms with E-state index in [1.165, 1.54) is 0 Å². The molecule has 2 N–H and O–H groups in total. The molecule has 0 bridgehead atoms. The zero-order chi connectivity index (χ0) is 10.7. The van der Waals surface area contributed by atoms with Gasteiger partial charge in [0, 0.05) is 24.8 Å². The molecular weight excluding hydrogens is 196 g/mol. The molecule has 1 saturated heterocycles. The number of rotatable bonds is 2. The first-order valence-electron chi connectivity index (χ1n) is 4.93. The molecule has 15 heavy (non-hydrogen) atoms. The Morgan fingerprint density at radius 3 is 2.73 bits per heavy atom. The molecule has 0 saturated carbocycles. The molecule has 2 heterocycles. The Balaban J connectivity index is 2.25. The highest BCUT2D eigenvalue weighted by molar-refractivity contribution is 5.47. The molecule has 0 atom stereocenters. The largest absolute Gasteiger partial charge is 0.378 e. The van der Waals surface area contributed by atoms with Crippen molar-refractivity contribution in [2.75, 3.05) is 31.2 Å². The van der Waals surface area contributed by atoms with Crippen LogP contribution in [0, 0.1) is 0 Å². The Morgan fingerprint density at radius 1 is 1.33 bits per heavy atom. The first-order chi connectivity index (χ1) is 7.29. The lowest BCUT2D eigenvalue weighted by atomic mass is 10.2. The second kappa shape index (κ2) is 4.57. The average molecular weight is 210 g/mol. The third kappa shape index (κ3) is 2.26. The van der Waals surface area contributed by atoms with Gasteiger partial charge in [0.2, 0.25) is 0 Å². The van der Waals surface area contributed by atoms with Crippen molar-refractivity contribution < 1.29 is 14.9 Å². The van der Waals surface area contributed by atoms with E-state index >= 15 is 0 Å². The minimum absolute atomic E-state index is 0.444. The van der Waals surface area contributed by atoms with Crippen LogP contribution in [-0.2, 0) is 4.74 Å². The van der Waals surface area contributed by atoms with E-state index in [0.717, 1.165) is 13.1 Å². The molecular formula is C10H14N2O3. The van der Waals surface area contributed by atoms with Crippen molar-refractivity contribution in [1.82, 2.24) is 4.98 Å². The lowest BCUT2D eigenvalue weighted by molar-refractivity contribution is -0.0424. The number of hydrogen-bond donors (Lipinski definition) is 2. The van der Waals surface area contributed by atoms with Crippen molar-refractivity contribution in [1.29, 1.82) is 0 Å². The normalized spacial score (nSPS) is 17.1. The first kappa shape index (κ1) is 10.4. The zero-order valence-corrected chi connectivity index (χ0v) is 8.33. The van der Waals surface area contributed by atoms with Crippen molar-refractivity contribution >= 4 is 5.82 Å². The molecule has 1 fully saturated rings. The molecule has 0 radical (unpaired) electrons. The van der Waals surface area contributed by atoms with Gasteiger partial charge in [0.1, 0.15) is 5.82 Å². The summed E-state index contributed by atoms with van der Waals surface area (Å²) in [5.74, 6) is 0.635. The van der Waals surface area contributed by atoms with Gasteiger partial charge in [0.25, 0.3) is 0 Å². The van der Waals surface area contributed by atoms with Gasteiger partial charge in [0.15, 0.2) is 6.29 Å². The van der Waals surface area contributed by atoms with Crippen LogP contribution in [0.3, 0.4) is 0 Å². The number of aliphatic hydroxyl groups is 2. The molecule has 0 aliphatic carbocycles. The molecule has 82 valence electrons. The number of pyridine rings is 1. The van der Waals surface area contributed by atoms with Crippen LogP contribution in [0.4, 0.5) is 5.82 Å². The zero-order valence-electron chi connectivity index (χ0n) is 8.33. The average Bonchev–Trinajstić information content (AvgIpc) is 2.30. The fourth-order valence-corrected chi connectivity index (χ4v) is 1.65. The molecule has 1 aliphatic heterocycles. The quantitative estimate of drug-likeness (QED) is 0.667. The maximum Gasteiger partial charge on any atom is 0.182 e. The molecule has 1 aromatic heterocycles. The van der Waals surface area contributed by atoms with E-state index in [-0.39, 0.29) is 0 Å². The van der Waals surface area contributed by atoms with Gasteiger partial charge in [-0.3, -0.25) is 0 Å². The van der Waals surface area contributed by atoms with E-state index in [1.54, 1.807) is 18.3 Å². The maximum absolute atomic E-state index is 9.19. The Hall–Kier alpha value is -1.17. The standard InChI is InChI=1S/C10H14N2O3/c13-10(14)8-2-1-3-11-9(8)12-4-6-15-7-5-12/h1-3,10,13-14H,4-7H2. The molecule has 5 nitrogen and oxygen atoms in total. The van der Waals surface area contributed by atoms with Crippen LogP contribution in [0.1, 0.15) is 11.9 Å². The van der Waals surface area contributed by atoms with Crippen molar-refractivity contribution in [3.63, 3.8) is 0 Å². The van der Waals surface area contributed by atoms with E-state index < -0.39 is 6.29 Å². The molecule has 0 unspecified atom stereocenters.